The van der Waals surface area contributed by atoms with Crippen molar-refractivity contribution in [1.29, 1.82) is 5.26 Å². The standard InChI is InChI=1S/C24H14ClF3N2O3/c25-19-10-8-15(9-11-19)23(32)33-21-7-2-1-4-16(21)12-17(14-29)22(31)30-20-6-3-5-18(13-20)24(26,27)28/h1-13H,(H,30,31)/b17-12+. The van der Waals surface area contributed by atoms with Crippen molar-refractivity contribution >= 4 is 35.2 Å². The van der Waals surface area contributed by atoms with Gasteiger partial charge in [-0.3, -0.25) is 4.79 Å². The summed E-state index contributed by atoms with van der Waals surface area (Å²) in [5.41, 5.74) is -0.986. The molecule has 3 aromatic carbocycles. The van der Waals surface area contributed by atoms with Gasteiger partial charge in [0.05, 0.1) is 11.1 Å². The van der Waals surface area contributed by atoms with E-state index in [1.54, 1.807) is 18.2 Å². The molecule has 0 fully saturated rings. The third kappa shape index (κ3) is 6.21. The van der Waals surface area contributed by atoms with Crippen LogP contribution < -0.4 is 10.1 Å². The van der Waals surface area contributed by atoms with Crippen molar-refractivity contribution in [2.24, 2.45) is 0 Å². The Bertz CT molecular complexity index is 1260. The Labute approximate surface area is 191 Å². The lowest BCUT2D eigenvalue weighted by molar-refractivity contribution is -0.137. The molecule has 0 aliphatic carbocycles. The highest BCUT2D eigenvalue weighted by Crippen LogP contribution is 2.31. The number of halogens is 4. The van der Waals surface area contributed by atoms with Gasteiger partial charge in [0.15, 0.2) is 0 Å². The molecule has 5 nitrogen and oxygen atoms in total. The number of alkyl halides is 3. The van der Waals surface area contributed by atoms with Crippen LogP contribution in [0.1, 0.15) is 21.5 Å². The van der Waals surface area contributed by atoms with E-state index < -0.39 is 29.2 Å². The molecule has 0 aliphatic heterocycles. The summed E-state index contributed by atoms with van der Waals surface area (Å²) in [6, 6.07) is 17.9. The Morgan fingerprint density at radius 1 is 1.00 bits per heavy atom. The summed E-state index contributed by atoms with van der Waals surface area (Å²) in [4.78, 5) is 24.9. The number of hydrogen-bond acceptors (Lipinski definition) is 4. The fraction of sp³-hybridized carbons (Fsp3) is 0.0417. The molecule has 0 saturated heterocycles. The van der Waals surface area contributed by atoms with Crippen LogP contribution >= 0.6 is 11.6 Å². The van der Waals surface area contributed by atoms with Crippen LogP contribution in [-0.4, -0.2) is 11.9 Å². The molecule has 0 spiro atoms. The van der Waals surface area contributed by atoms with Crippen LogP contribution in [0.3, 0.4) is 0 Å². The molecule has 0 aliphatic rings. The lowest BCUT2D eigenvalue weighted by atomic mass is 10.1. The first kappa shape index (κ1) is 23.6. The van der Waals surface area contributed by atoms with Gasteiger partial charge < -0.3 is 10.1 Å². The molecule has 9 heteroatoms. The first-order valence-corrected chi connectivity index (χ1v) is 9.72. The molecule has 166 valence electrons. The number of amides is 1. The van der Waals surface area contributed by atoms with Crippen LogP contribution in [0.2, 0.25) is 5.02 Å². The van der Waals surface area contributed by atoms with Gasteiger partial charge in [0, 0.05) is 16.3 Å². The normalized spacial score (nSPS) is 11.4. The van der Waals surface area contributed by atoms with E-state index in [0.29, 0.717) is 5.02 Å². The van der Waals surface area contributed by atoms with Crippen LogP contribution in [0.15, 0.2) is 78.4 Å². The monoisotopic (exact) mass is 470 g/mol. The van der Waals surface area contributed by atoms with Gasteiger partial charge in [0.1, 0.15) is 17.4 Å². The Morgan fingerprint density at radius 3 is 2.36 bits per heavy atom. The minimum atomic E-state index is -4.58. The average Bonchev–Trinajstić information content (AvgIpc) is 2.78. The first-order chi connectivity index (χ1) is 15.7. The second-order valence-electron chi connectivity index (χ2n) is 6.64. The number of carbonyl (C=O) groups excluding carboxylic acids is 2. The van der Waals surface area contributed by atoms with Crippen molar-refractivity contribution in [3.05, 3.63) is 100 Å². The number of anilines is 1. The van der Waals surface area contributed by atoms with E-state index in [-0.39, 0.29) is 22.6 Å². The number of benzene rings is 3. The molecular formula is C24H14ClF3N2O3. The third-order valence-corrected chi connectivity index (χ3v) is 4.57. The number of para-hydroxylation sites is 1. The average molecular weight is 471 g/mol. The summed E-state index contributed by atoms with van der Waals surface area (Å²) in [7, 11) is 0. The number of esters is 1. The van der Waals surface area contributed by atoms with E-state index in [4.69, 9.17) is 16.3 Å². The van der Waals surface area contributed by atoms with Gasteiger partial charge in [-0.15, -0.1) is 0 Å². The molecule has 1 amide bonds. The van der Waals surface area contributed by atoms with E-state index in [2.05, 4.69) is 5.32 Å². The Kier molecular flexibility index (Phi) is 7.16. The fourth-order valence-corrected chi connectivity index (χ4v) is 2.84. The van der Waals surface area contributed by atoms with Gasteiger partial charge in [0.25, 0.3) is 5.91 Å². The predicted octanol–water partition coefficient (Wildman–Crippen LogP) is 6.12. The van der Waals surface area contributed by atoms with E-state index >= 15 is 0 Å². The number of ether oxygens (including phenoxy) is 1. The van der Waals surface area contributed by atoms with Gasteiger partial charge in [-0.2, -0.15) is 18.4 Å². The van der Waals surface area contributed by atoms with Crippen LogP contribution in [0.5, 0.6) is 5.75 Å². The van der Waals surface area contributed by atoms with Crippen molar-refractivity contribution in [2.75, 3.05) is 5.32 Å². The maximum Gasteiger partial charge on any atom is 0.416 e. The molecule has 3 aromatic rings. The largest absolute Gasteiger partial charge is 0.422 e. The van der Waals surface area contributed by atoms with E-state index in [1.807, 2.05) is 0 Å². The molecule has 33 heavy (non-hydrogen) atoms. The zero-order valence-electron chi connectivity index (χ0n) is 16.7. The Morgan fingerprint density at radius 2 is 1.70 bits per heavy atom. The molecule has 0 heterocycles. The number of nitrogens with zero attached hydrogens (tertiary/aromatic N) is 1. The van der Waals surface area contributed by atoms with Gasteiger partial charge in [-0.25, -0.2) is 4.79 Å². The van der Waals surface area contributed by atoms with Gasteiger partial charge >= 0.3 is 12.1 Å². The second-order valence-corrected chi connectivity index (χ2v) is 7.07. The number of nitrogens with one attached hydrogen (secondary N) is 1. The fourth-order valence-electron chi connectivity index (χ4n) is 2.71. The third-order valence-electron chi connectivity index (χ3n) is 4.31. The van der Waals surface area contributed by atoms with E-state index in [1.165, 1.54) is 48.5 Å². The maximum atomic E-state index is 12.9. The van der Waals surface area contributed by atoms with E-state index in [0.717, 1.165) is 18.2 Å². The van der Waals surface area contributed by atoms with Crippen molar-refractivity contribution < 1.29 is 27.5 Å². The highest BCUT2D eigenvalue weighted by atomic mass is 35.5. The zero-order valence-corrected chi connectivity index (χ0v) is 17.4. The lowest BCUT2D eigenvalue weighted by Gasteiger charge is -2.10. The summed E-state index contributed by atoms with van der Waals surface area (Å²) < 4.78 is 44.0. The van der Waals surface area contributed by atoms with E-state index in [9.17, 15) is 28.0 Å². The molecular weight excluding hydrogens is 457 g/mol. The topological polar surface area (TPSA) is 79.2 Å². The second kappa shape index (κ2) is 10.0. The van der Waals surface area contributed by atoms with Gasteiger partial charge in [-0.05, 0) is 54.6 Å². The molecule has 0 saturated carbocycles. The quantitative estimate of drug-likeness (QED) is 0.211. The van der Waals surface area contributed by atoms with Crippen LogP contribution in [0.25, 0.3) is 6.08 Å². The summed E-state index contributed by atoms with van der Waals surface area (Å²) in [6.07, 6.45) is -3.41. The first-order valence-electron chi connectivity index (χ1n) is 9.34. The molecule has 0 unspecified atom stereocenters. The SMILES string of the molecule is N#C/C(=C\c1ccccc1OC(=O)c1ccc(Cl)cc1)C(=O)Nc1cccc(C(F)(F)F)c1. The summed E-state index contributed by atoms with van der Waals surface area (Å²) in [5, 5.41) is 12.1. The van der Waals surface area contributed by atoms with Gasteiger partial charge in [-0.1, -0.05) is 35.9 Å². The van der Waals surface area contributed by atoms with Crippen LogP contribution in [-0.2, 0) is 11.0 Å². The molecule has 0 aromatic heterocycles. The summed E-state index contributed by atoms with van der Waals surface area (Å²) >= 11 is 5.81. The Balaban J connectivity index is 1.83. The highest BCUT2D eigenvalue weighted by Gasteiger charge is 2.30. The van der Waals surface area contributed by atoms with Crippen LogP contribution in [0.4, 0.5) is 18.9 Å². The molecule has 3 rings (SSSR count). The molecule has 0 bridgehead atoms. The Hall–Kier alpha value is -4.09. The molecule has 0 atom stereocenters. The maximum absolute atomic E-state index is 12.9. The highest BCUT2D eigenvalue weighted by molar-refractivity contribution is 6.30. The van der Waals surface area contributed by atoms with Crippen molar-refractivity contribution in [3.63, 3.8) is 0 Å². The number of carbonyl (C=O) groups is 2. The smallest absolute Gasteiger partial charge is 0.416 e. The lowest BCUT2D eigenvalue weighted by Crippen LogP contribution is -2.14. The minimum absolute atomic E-state index is 0.0806. The van der Waals surface area contributed by atoms with Crippen LogP contribution in [0, 0.1) is 11.3 Å². The number of nitriles is 1. The summed E-state index contributed by atoms with van der Waals surface area (Å²) in [6.45, 7) is 0. The number of rotatable bonds is 5. The zero-order chi connectivity index (χ0) is 24.0. The predicted molar refractivity (Wildman–Crippen MR) is 117 cm³/mol. The summed E-state index contributed by atoms with van der Waals surface area (Å²) in [5.74, 6) is -1.52. The van der Waals surface area contributed by atoms with Crippen molar-refractivity contribution in [3.8, 4) is 11.8 Å². The number of hydrogen-bond donors (Lipinski definition) is 1. The molecule has 0 radical (unpaired) electrons. The molecule has 1 N–H and O–H groups in total. The van der Waals surface area contributed by atoms with Crippen molar-refractivity contribution in [2.45, 2.75) is 6.18 Å². The van der Waals surface area contributed by atoms with Crippen molar-refractivity contribution in [1.82, 2.24) is 0 Å². The van der Waals surface area contributed by atoms with Gasteiger partial charge in [0.2, 0.25) is 0 Å². The minimum Gasteiger partial charge on any atom is -0.422 e.